The monoisotopic (exact) mass is 248 g/mol. The number of amides is 1. The fourth-order valence-electron chi connectivity index (χ4n) is 2.30. The summed E-state index contributed by atoms with van der Waals surface area (Å²) in [5, 5.41) is 0. The fraction of sp³-hybridized carbons (Fsp3) is 0.615. The number of likely N-dealkylation sites (N-methyl/N-ethyl adjacent to an activating group) is 1. The van der Waals surface area contributed by atoms with Crippen LogP contribution in [0.15, 0.2) is 12.3 Å². The van der Waals surface area contributed by atoms with Crippen molar-refractivity contribution in [2.75, 3.05) is 33.7 Å². The molecule has 1 aromatic heterocycles. The normalized spacial score (nSPS) is 19.6. The van der Waals surface area contributed by atoms with Gasteiger partial charge in [0.1, 0.15) is 5.82 Å². The number of aromatic nitrogens is 2. The maximum absolute atomic E-state index is 12.0. The summed E-state index contributed by atoms with van der Waals surface area (Å²) in [6.45, 7) is 3.99. The van der Waals surface area contributed by atoms with E-state index in [1.165, 1.54) is 0 Å². The van der Waals surface area contributed by atoms with Crippen molar-refractivity contribution in [3.05, 3.63) is 23.8 Å². The Bertz CT molecular complexity index is 433. The number of aryl methyl sites for hydroxylation is 1. The van der Waals surface area contributed by atoms with Crippen LogP contribution < -0.4 is 0 Å². The summed E-state index contributed by atoms with van der Waals surface area (Å²) in [5.74, 6) is 1.36. The Balaban J connectivity index is 1.98. The molecule has 0 aromatic carbocycles. The van der Waals surface area contributed by atoms with Crippen LogP contribution in [0, 0.1) is 6.92 Å². The third-order valence-corrected chi connectivity index (χ3v) is 3.21. The molecule has 1 atom stereocenters. The van der Waals surface area contributed by atoms with E-state index >= 15 is 0 Å². The molecule has 18 heavy (non-hydrogen) atoms. The average Bonchev–Trinajstić information content (AvgIpc) is 2.77. The highest BCUT2D eigenvalue weighted by atomic mass is 16.2. The van der Waals surface area contributed by atoms with E-state index in [1.807, 2.05) is 36.9 Å². The number of carbonyl (C=O) groups is 1. The molecule has 1 aliphatic heterocycles. The van der Waals surface area contributed by atoms with E-state index in [0.29, 0.717) is 12.5 Å². The summed E-state index contributed by atoms with van der Waals surface area (Å²) >= 11 is 0. The van der Waals surface area contributed by atoms with Crippen molar-refractivity contribution in [3.63, 3.8) is 0 Å². The van der Waals surface area contributed by atoms with Crippen molar-refractivity contribution in [1.82, 2.24) is 19.8 Å². The van der Waals surface area contributed by atoms with E-state index in [0.717, 1.165) is 31.0 Å². The van der Waals surface area contributed by atoms with Gasteiger partial charge >= 0.3 is 0 Å². The smallest absolute Gasteiger partial charge is 0.236 e. The summed E-state index contributed by atoms with van der Waals surface area (Å²) in [6, 6.07) is 1.96. The number of hydrogen-bond donors (Lipinski definition) is 0. The molecule has 0 saturated carbocycles. The van der Waals surface area contributed by atoms with E-state index in [4.69, 9.17) is 0 Å². The molecule has 1 fully saturated rings. The first-order valence-corrected chi connectivity index (χ1v) is 6.28. The predicted molar refractivity (Wildman–Crippen MR) is 69.3 cm³/mol. The van der Waals surface area contributed by atoms with Crippen LogP contribution in [0.25, 0.3) is 0 Å². The van der Waals surface area contributed by atoms with Crippen molar-refractivity contribution in [1.29, 1.82) is 0 Å². The molecule has 0 N–H and O–H groups in total. The standard InChI is InChI=1S/C13H20N4O/c1-10-14-6-4-12(15-10)11-5-7-17(8-11)13(18)9-16(2)3/h4,6,11H,5,7-9H2,1-3H3. The Labute approximate surface area is 108 Å². The maximum atomic E-state index is 12.0. The first-order chi connectivity index (χ1) is 8.56. The van der Waals surface area contributed by atoms with Gasteiger partial charge in [0.2, 0.25) is 5.91 Å². The maximum Gasteiger partial charge on any atom is 0.236 e. The van der Waals surface area contributed by atoms with E-state index < -0.39 is 0 Å². The second kappa shape index (κ2) is 5.44. The molecular formula is C13H20N4O. The Morgan fingerprint density at radius 2 is 2.33 bits per heavy atom. The van der Waals surface area contributed by atoms with E-state index in [9.17, 15) is 4.79 Å². The fourth-order valence-corrected chi connectivity index (χ4v) is 2.30. The number of nitrogens with zero attached hydrogens (tertiary/aromatic N) is 4. The van der Waals surface area contributed by atoms with E-state index in [-0.39, 0.29) is 5.91 Å². The molecule has 0 radical (unpaired) electrons. The number of likely N-dealkylation sites (tertiary alicyclic amines) is 1. The summed E-state index contributed by atoms with van der Waals surface area (Å²) in [7, 11) is 3.83. The quantitative estimate of drug-likeness (QED) is 0.788. The van der Waals surface area contributed by atoms with Crippen LogP contribution in [0.5, 0.6) is 0 Å². The molecule has 0 spiro atoms. The third-order valence-electron chi connectivity index (χ3n) is 3.21. The number of hydrogen-bond acceptors (Lipinski definition) is 4. The lowest BCUT2D eigenvalue weighted by Gasteiger charge is -2.19. The molecule has 5 heteroatoms. The highest BCUT2D eigenvalue weighted by molar-refractivity contribution is 5.78. The van der Waals surface area contributed by atoms with Gasteiger partial charge in [-0.15, -0.1) is 0 Å². The summed E-state index contributed by atoms with van der Waals surface area (Å²) in [4.78, 5) is 24.3. The first-order valence-electron chi connectivity index (χ1n) is 6.28. The second-order valence-electron chi connectivity index (χ2n) is 5.09. The van der Waals surface area contributed by atoms with Gasteiger partial charge < -0.3 is 9.80 Å². The Morgan fingerprint density at radius 1 is 1.56 bits per heavy atom. The molecule has 1 aliphatic rings. The first kappa shape index (κ1) is 13.0. The van der Waals surface area contributed by atoms with E-state index in [2.05, 4.69) is 9.97 Å². The predicted octanol–water partition coefficient (Wildman–Crippen LogP) is 0.663. The van der Waals surface area contributed by atoms with Crippen LogP contribution in [0.1, 0.15) is 23.9 Å². The highest BCUT2D eigenvalue weighted by Crippen LogP contribution is 2.25. The van der Waals surface area contributed by atoms with Gasteiger partial charge in [0.15, 0.2) is 0 Å². The Hall–Kier alpha value is -1.49. The zero-order valence-corrected chi connectivity index (χ0v) is 11.3. The van der Waals surface area contributed by atoms with Gasteiger partial charge in [-0.1, -0.05) is 0 Å². The second-order valence-corrected chi connectivity index (χ2v) is 5.09. The van der Waals surface area contributed by atoms with Crippen molar-refractivity contribution in [2.24, 2.45) is 0 Å². The topological polar surface area (TPSA) is 49.3 Å². The van der Waals surface area contributed by atoms with Gasteiger partial charge in [0.05, 0.1) is 6.54 Å². The summed E-state index contributed by atoms with van der Waals surface area (Å²) in [6.07, 6.45) is 2.79. The van der Waals surface area contributed by atoms with E-state index in [1.54, 1.807) is 6.20 Å². The molecular weight excluding hydrogens is 228 g/mol. The molecule has 2 heterocycles. The van der Waals surface area contributed by atoms with Gasteiger partial charge in [-0.25, -0.2) is 9.97 Å². The SMILES string of the molecule is Cc1nccc(C2CCN(C(=O)CN(C)C)C2)n1. The lowest BCUT2D eigenvalue weighted by molar-refractivity contribution is -0.130. The van der Waals surface area contributed by atoms with Crippen molar-refractivity contribution >= 4 is 5.91 Å². The van der Waals surface area contributed by atoms with Gasteiger partial charge in [0.25, 0.3) is 0 Å². The van der Waals surface area contributed by atoms with Crippen LogP contribution in [-0.4, -0.2) is 59.4 Å². The largest absolute Gasteiger partial charge is 0.341 e. The van der Waals surface area contributed by atoms with Crippen LogP contribution in [0.4, 0.5) is 0 Å². The zero-order chi connectivity index (χ0) is 13.1. The minimum Gasteiger partial charge on any atom is -0.341 e. The zero-order valence-electron chi connectivity index (χ0n) is 11.3. The molecule has 5 nitrogen and oxygen atoms in total. The molecule has 1 amide bonds. The lowest BCUT2D eigenvalue weighted by atomic mass is 10.1. The number of rotatable bonds is 3. The van der Waals surface area contributed by atoms with Gasteiger partial charge in [0, 0.05) is 30.9 Å². The highest BCUT2D eigenvalue weighted by Gasteiger charge is 2.28. The van der Waals surface area contributed by atoms with Crippen LogP contribution in [-0.2, 0) is 4.79 Å². The Kier molecular flexibility index (Phi) is 3.91. The molecule has 98 valence electrons. The Morgan fingerprint density at radius 3 is 3.00 bits per heavy atom. The molecule has 0 bridgehead atoms. The molecule has 1 aromatic rings. The summed E-state index contributed by atoms with van der Waals surface area (Å²) < 4.78 is 0. The summed E-state index contributed by atoms with van der Waals surface area (Å²) in [5.41, 5.74) is 1.06. The minimum atomic E-state index is 0.202. The molecule has 1 saturated heterocycles. The van der Waals surface area contributed by atoms with Crippen LogP contribution in [0.2, 0.25) is 0 Å². The number of carbonyl (C=O) groups excluding carboxylic acids is 1. The average molecular weight is 248 g/mol. The van der Waals surface area contributed by atoms with Crippen molar-refractivity contribution in [3.8, 4) is 0 Å². The minimum absolute atomic E-state index is 0.202. The molecule has 1 unspecified atom stereocenters. The van der Waals surface area contributed by atoms with Gasteiger partial charge in [-0.2, -0.15) is 0 Å². The lowest BCUT2D eigenvalue weighted by Crippen LogP contribution is -2.36. The van der Waals surface area contributed by atoms with Crippen LogP contribution in [0.3, 0.4) is 0 Å². The molecule has 0 aliphatic carbocycles. The van der Waals surface area contributed by atoms with Crippen LogP contribution >= 0.6 is 0 Å². The van der Waals surface area contributed by atoms with Gasteiger partial charge in [-0.3, -0.25) is 4.79 Å². The third kappa shape index (κ3) is 3.04. The van der Waals surface area contributed by atoms with Gasteiger partial charge in [-0.05, 0) is 33.5 Å². The van der Waals surface area contributed by atoms with Crippen molar-refractivity contribution in [2.45, 2.75) is 19.3 Å². The van der Waals surface area contributed by atoms with Crippen molar-refractivity contribution < 1.29 is 4.79 Å². The molecule has 2 rings (SSSR count).